The molecule has 0 spiro atoms. The second kappa shape index (κ2) is 12.7. The average Bonchev–Trinajstić information content (AvgIpc) is 3.44. The van der Waals surface area contributed by atoms with Crippen molar-refractivity contribution in [2.45, 2.75) is 13.8 Å². The van der Waals surface area contributed by atoms with Crippen LogP contribution in [0.3, 0.4) is 0 Å². The van der Waals surface area contributed by atoms with Crippen molar-refractivity contribution in [2.24, 2.45) is 0 Å². The molecule has 0 bridgehead atoms. The van der Waals surface area contributed by atoms with E-state index in [2.05, 4.69) is 28.2 Å². The number of rotatable bonds is 3. The van der Waals surface area contributed by atoms with Crippen LogP contribution < -0.4 is 0 Å². The van der Waals surface area contributed by atoms with E-state index in [1.165, 1.54) is 6.20 Å². The van der Waals surface area contributed by atoms with E-state index in [1.807, 2.05) is 91.9 Å². The van der Waals surface area contributed by atoms with Gasteiger partial charge in [-0.25, -0.2) is 0 Å². The minimum atomic E-state index is -2.09. The summed E-state index contributed by atoms with van der Waals surface area (Å²) >= 11 is 0. The Kier molecular flexibility index (Phi) is 7.55. The van der Waals surface area contributed by atoms with Crippen molar-refractivity contribution in [1.82, 2.24) is 9.97 Å². The molecule has 0 aliphatic rings. The van der Waals surface area contributed by atoms with Crippen molar-refractivity contribution < 1.29 is 28.6 Å². The van der Waals surface area contributed by atoms with Gasteiger partial charge in [0.05, 0.1) is 17.2 Å². The van der Waals surface area contributed by atoms with E-state index >= 15 is 0 Å². The number of hydrogen-bond acceptors (Lipinski definition) is 4. The summed E-state index contributed by atoms with van der Waals surface area (Å²) in [5, 5.41) is 11.6. The number of aromatic nitrogens is 2. The van der Waals surface area contributed by atoms with Crippen molar-refractivity contribution in [1.29, 1.82) is 5.26 Å². The smallest absolute Gasteiger partial charge is 0.130 e. The largest absolute Gasteiger partial charge is 0.500 e. The summed E-state index contributed by atoms with van der Waals surface area (Å²) in [6.45, 7) is -0.0530. The van der Waals surface area contributed by atoms with Gasteiger partial charge in [-0.2, -0.15) is 5.26 Å². The van der Waals surface area contributed by atoms with Crippen molar-refractivity contribution in [3.05, 3.63) is 144 Å². The summed E-state index contributed by atoms with van der Waals surface area (Å²) in [6.07, 6.45) is 3.19. The third kappa shape index (κ3) is 5.78. The molecular formula is C37H25IrN3O-2. The van der Waals surface area contributed by atoms with Crippen LogP contribution in [-0.4, -0.2) is 9.97 Å². The average molecular weight is 723 g/mol. The van der Waals surface area contributed by atoms with Crippen molar-refractivity contribution in [3.8, 4) is 39.7 Å². The van der Waals surface area contributed by atoms with Crippen LogP contribution >= 0.6 is 0 Å². The first-order valence-electron chi connectivity index (χ1n) is 14.6. The quantitative estimate of drug-likeness (QED) is 0.171. The van der Waals surface area contributed by atoms with Gasteiger partial charge in [0.1, 0.15) is 5.58 Å². The van der Waals surface area contributed by atoms with Crippen molar-refractivity contribution >= 4 is 21.9 Å². The van der Waals surface area contributed by atoms with Crippen molar-refractivity contribution in [2.75, 3.05) is 0 Å². The molecule has 3 heterocycles. The van der Waals surface area contributed by atoms with E-state index in [9.17, 15) is 5.26 Å². The first kappa shape index (κ1) is 24.9. The Morgan fingerprint density at radius 2 is 1.62 bits per heavy atom. The molecule has 0 aliphatic heterocycles. The SMILES string of the molecule is Cc1ccnc(-c2[c-]ccc3c2oc2c(-c4ccccc4)c(C#N)ccc23)c1.[2H]C([2H])([2H])c1ccc(-c2[c-]cccc2)nc1.[Ir]. The fourth-order valence-electron chi connectivity index (χ4n) is 4.76. The Bertz CT molecular complexity index is 2120. The van der Waals surface area contributed by atoms with Gasteiger partial charge in [-0.3, -0.25) is 0 Å². The fraction of sp³-hybridized carbons (Fsp3) is 0.0541. The molecule has 0 saturated heterocycles. The summed E-state index contributed by atoms with van der Waals surface area (Å²) < 4.78 is 28.1. The van der Waals surface area contributed by atoms with Crippen LogP contribution in [0.4, 0.5) is 0 Å². The van der Waals surface area contributed by atoms with Crippen LogP contribution in [0.25, 0.3) is 55.6 Å². The van der Waals surface area contributed by atoms with E-state index < -0.39 is 6.85 Å². The molecule has 0 fully saturated rings. The predicted molar refractivity (Wildman–Crippen MR) is 164 cm³/mol. The van der Waals surface area contributed by atoms with Gasteiger partial charge in [-0.1, -0.05) is 71.1 Å². The Hall–Kier alpha value is -4.88. The number of aryl methyl sites for hydroxylation is 2. The zero-order valence-electron chi connectivity index (χ0n) is 25.6. The van der Waals surface area contributed by atoms with Gasteiger partial charge in [0, 0.05) is 47.6 Å². The molecule has 0 aliphatic carbocycles. The third-order valence-electron chi connectivity index (χ3n) is 6.70. The Labute approximate surface area is 262 Å². The molecule has 4 nitrogen and oxygen atoms in total. The first-order chi connectivity index (χ1) is 21.3. The molecule has 0 N–H and O–H groups in total. The standard InChI is InChI=1S/C25H15N2O.C12H10N.Ir/c1-16-12-13-27-22(14-16)21-9-5-8-19-20-11-10-18(15-26)23(25(20)28-24(19)21)17-6-3-2-4-7-17;1-10-7-8-12(13-9-10)11-5-3-2-4-6-11;/h2-8,10-14H,1H3;2-5,7-9H,1H3;/q2*-1;/i;1D3;. The number of pyridine rings is 2. The van der Waals surface area contributed by atoms with Crippen molar-refractivity contribution in [3.63, 3.8) is 0 Å². The van der Waals surface area contributed by atoms with Crippen LogP contribution in [0.1, 0.15) is 20.8 Å². The zero-order valence-corrected chi connectivity index (χ0v) is 24.9. The molecule has 3 aromatic heterocycles. The molecule has 7 rings (SSSR count). The number of benzene rings is 4. The molecule has 4 aromatic carbocycles. The third-order valence-corrected chi connectivity index (χ3v) is 6.70. The molecule has 0 unspecified atom stereocenters. The fourth-order valence-corrected chi connectivity index (χ4v) is 4.76. The number of furan rings is 1. The Morgan fingerprint density at radius 1 is 0.786 bits per heavy atom. The molecule has 205 valence electrons. The molecule has 0 saturated carbocycles. The van der Waals surface area contributed by atoms with Gasteiger partial charge in [-0.15, -0.1) is 54.1 Å². The van der Waals surface area contributed by atoms with E-state index in [-0.39, 0.29) is 25.7 Å². The molecule has 42 heavy (non-hydrogen) atoms. The monoisotopic (exact) mass is 723 g/mol. The van der Waals surface area contributed by atoms with E-state index in [0.717, 1.165) is 55.6 Å². The molecule has 5 heteroatoms. The van der Waals surface area contributed by atoms with Crippen LogP contribution in [0.5, 0.6) is 0 Å². The van der Waals surface area contributed by atoms with Gasteiger partial charge in [0.15, 0.2) is 0 Å². The second-order valence-electron chi connectivity index (χ2n) is 9.47. The molecule has 7 aromatic rings. The van der Waals surface area contributed by atoms with Crippen LogP contribution in [0, 0.1) is 37.2 Å². The number of nitriles is 1. The van der Waals surface area contributed by atoms with E-state index in [0.29, 0.717) is 11.1 Å². The number of hydrogen-bond donors (Lipinski definition) is 0. The molecule has 1 radical (unpaired) electrons. The van der Waals surface area contributed by atoms with Gasteiger partial charge >= 0.3 is 0 Å². The summed E-state index contributed by atoms with van der Waals surface area (Å²) in [4.78, 5) is 8.62. The minimum Gasteiger partial charge on any atom is -0.500 e. The summed E-state index contributed by atoms with van der Waals surface area (Å²) in [5.41, 5.74) is 8.46. The molecule has 0 atom stereocenters. The normalized spacial score (nSPS) is 11.8. The number of fused-ring (bicyclic) bond motifs is 3. The van der Waals surface area contributed by atoms with Crippen LogP contribution in [0.15, 0.2) is 120 Å². The predicted octanol–water partition coefficient (Wildman–Crippen LogP) is 9.15. The van der Waals surface area contributed by atoms with Gasteiger partial charge in [0.25, 0.3) is 0 Å². The Morgan fingerprint density at radius 3 is 2.33 bits per heavy atom. The van der Waals surface area contributed by atoms with Crippen LogP contribution in [-0.2, 0) is 20.1 Å². The maximum atomic E-state index is 9.67. The minimum absolute atomic E-state index is 0. The topological polar surface area (TPSA) is 62.7 Å². The number of nitrogens with zero attached hydrogens (tertiary/aromatic N) is 3. The summed E-state index contributed by atoms with van der Waals surface area (Å²) in [7, 11) is 0. The van der Waals surface area contributed by atoms with Crippen LogP contribution in [0.2, 0.25) is 0 Å². The first-order valence-corrected chi connectivity index (χ1v) is 13.1. The Balaban J connectivity index is 0.000000202. The molecule has 0 amide bonds. The molecular weight excluding hydrogens is 695 g/mol. The maximum Gasteiger partial charge on any atom is 0.130 e. The summed E-state index contributed by atoms with van der Waals surface area (Å²) in [5.74, 6) is 0. The van der Waals surface area contributed by atoms with Gasteiger partial charge < -0.3 is 14.4 Å². The summed E-state index contributed by atoms with van der Waals surface area (Å²) in [6, 6.07) is 41.0. The van der Waals surface area contributed by atoms with Gasteiger partial charge in [-0.05, 0) is 48.4 Å². The van der Waals surface area contributed by atoms with E-state index in [1.54, 1.807) is 24.4 Å². The maximum absolute atomic E-state index is 9.67. The van der Waals surface area contributed by atoms with E-state index in [4.69, 9.17) is 8.53 Å². The second-order valence-corrected chi connectivity index (χ2v) is 9.47. The zero-order chi connectivity index (χ0) is 30.7. The van der Waals surface area contributed by atoms with Gasteiger partial charge in [0.2, 0.25) is 0 Å².